The van der Waals surface area contributed by atoms with Crippen molar-refractivity contribution >= 4 is 18.0 Å². The third-order valence-corrected chi connectivity index (χ3v) is 4.06. The van der Waals surface area contributed by atoms with Gasteiger partial charge in [-0.3, -0.25) is 9.59 Å². The van der Waals surface area contributed by atoms with E-state index in [0.717, 1.165) is 19.3 Å². The summed E-state index contributed by atoms with van der Waals surface area (Å²) >= 11 is 0. The van der Waals surface area contributed by atoms with Gasteiger partial charge in [-0.05, 0) is 30.2 Å². The Hall–Kier alpha value is -2.57. The Bertz CT molecular complexity index is 617. The molecule has 0 unspecified atom stereocenters. The molecule has 2 amide bonds. The van der Waals surface area contributed by atoms with E-state index in [1.54, 1.807) is 12.1 Å². The molecule has 0 spiro atoms. The molecular formula is C20H31N3O4. The Balaban J connectivity index is 2.16. The van der Waals surface area contributed by atoms with Crippen LogP contribution in [0.2, 0.25) is 0 Å². The third-order valence-electron chi connectivity index (χ3n) is 4.06. The highest BCUT2D eigenvalue weighted by Gasteiger charge is 2.05. The van der Waals surface area contributed by atoms with E-state index in [4.69, 9.17) is 4.74 Å². The van der Waals surface area contributed by atoms with Crippen LogP contribution in [0.25, 0.3) is 0 Å². The van der Waals surface area contributed by atoms with Gasteiger partial charge < -0.3 is 15.2 Å². The zero-order chi connectivity index (χ0) is 19.9. The maximum atomic E-state index is 11.7. The van der Waals surface area contributed by atoms with Crippen molar-refractivity contribution < 1.29 is 19.4 Å². The number of aromatic hydroxyl groups is 1. The summed E-state index contributed by atoms with van der Waals surface area (Å²) in [5, 5.41) is 15.9. The number of phenolic OH excluding ortho intramolecular Hbond substituents is 1. The van der Waals surface area contributed by atoms with Gasteiger partial charge in [0.25, 0.3) is 5.91 Å². The molecule has 7 nitrogen and oxygen atoms in total. The third kappa shape index (κ3) is 10.2. The summed E-state index contributed by atoms with van der Waals surface area (Å²) in [5.74, 6) is -0.166. The van der Waals surface area contributed by atoms with Crippen LogP contribution in [0.15, 0.2) is 23.3 Å². The van der Waals surface area contributed by atoms with Crippen molar-refractivity contribution in [3.8, 4) is 11.5 Å². The van der Waals surface area contributed by atoms with Crippen LogP contribution in [0, 0.1) is 0 Å². The summed E-state index contributed by atoms with van der Waals surface area (Å²) in [5.41, 5.74) is 3.01. The summed E-state index contributed by atoms with van der Waals surface area (Å²) in [4.78, 5) is 23.4. The van der Waals surface area contributed by atoms with E-state index >= 15 is 0 Å². The van der Waals surface area contributed by atoms with Crippen molar-refractivity contribution in [2.75, 3.05) is 13.7 Å². The van der Waals surface area contributed by atoms with Crippen molar-refractivity contribution in [1.82, 2.24) is 10.7 Å². The first-order chi connectivity index (χ1) is 13.1. The van der Waals surface area contributed by atoms with Gasteiger partial charge in [0.2, 0.25) is 5.91 Å². The maximum absolute atomic E-state index is 11.7. The van der Waals surface area contributed by atoms with Gasteiger partial charge in [0.1, 0.15) is 0 Å². The fourth-order valence-corrected chi connectivity index (χ4v) is 2.50. The lowest BCUT2D eigenvalue weighted by Gasteiger charge is -2.05. The molecule has 7 heteroatoms. The normalized spacial score (nSPS) is 10.7. The number of ether oxygens (including phenoxy) is 1. The first kappa shape index (κ1) is 22.5. The summed E-state index contributed by atoms with van der Waals surface area (Å²) < 4.78 is 5.00. The molecule has 0 saturated carbocycles. The molecule has 1 aromatic carbocycles. The molecule has 0 atom stereocenters. The highest BCUT2D eigenvalue weighted by molar-refractivity contribution is 5.86. The van der Waals surface area contributed by atoms with Crippen LogP contribution in [0.1, 0.15) is 63.9 Å². The van der Waals surface area contributed by atoms with Crippen LogP contribution in [0.4, 0.5) is 0 Å². The number of methoxy groups -OCH3 is 1. The fraction of sp³-hybridized carbons (Fsp3) is 0.550. The summed E-state index contributed by atoms with van der Waals surface area (Å²) in [6.07, 6.45) is 9.92. The molecule has 3 N–H and O–H groups in total. The van der Waals surface area contributed by atoms with Crippen molar-refractivity contribution in [1.29, 1.82) is 0 Å². The highest BCUT2D eigenvalue weighted by atomic mass is 16.5. The lowest BCUT2D eigenvalue weighted by atomic mass is 10.1. The molecule has 0 aliphatic heterocycles. The van der Waals surface area contributed by atoms with E-state index in [1.165, 1.54) is 45.1 Å². The Kier molecular flexibility index (Phi) is 11.3. The topological polar surface area (TPSA) is 100 Å². The minimum Gasteiger partial charge on any atom is -0.504 e. The largest absolute Gasteiger partial charge is 0.504 e. The Morgan fingerprint density at radius 1 is 1.11 bits per heavy atom. The minimum absolute atomic E-state index is 0.0300. The van der Waals surface area contributed by atoms with Crippen LogP contribution >= 0.6 is 0 Å². The van der Waals surface area contributed by atoms with Gasteiger partial charge in [0.05, 0.1) is 19.9 Å². The van der Waals surface area contributed by atoms with Gasteiger partial charge in [-0.2, -0.15) is 5.10 Å². The van der Waals surface area contributed by atoms with Crippen LogP contribution in [-0.2, 0) is 9.59 Å². The molecule has 150 valence electrons. The van der Waals surface area contributed by atoms with E-state index < -0.39 is 5.91 Å². The molecule has 0 aliphatic carbocycles. The van der Waals surface area contributed by atoms with Crippen molar-refractivity contribution in [3.63, 3.8) is 0 Å². The molecule has 27 heavy (non-hydrogen) atoms. The number of phenols is 1. The molecular weight excluding hydrogens is 346 g/mol. The van der Waals surface area contributed by atoms with E-state index in [2.05, 4.69) is 22.8 Å². The van der Waals surface area contributed by atoms with Gasteiger partial charge in [0, 0.05) is 6.42 Å². The number of nitrogens with one attached hydrogen (secondary N) is 2. The second-order valence-corrected chi connectivity index (χ2v) is 6.37. The van der Waals surface area contributed by atoms with E-state index in [9.17, 15) is 14.7 Å². The average Bonchev–Trinajstić information content (AvgIpc) is 2.67. The van der Waals surface area contributed by atoms with Crippen LogP contribution in [0.5, 0.6) is 11.5 Å². The first-order valence-corrected chi connectivity index (χ1v) is 9.52. The molecule has 1 aromatic rings. The fourth-order valence-electron chi connectivity index (χ4n) is 2.50. The number of nitrogens with zero attached hydrogens (tertiary/aromatic N) is 1. The predicted molar refractivity (Wildman–Crippen MR) is 106 cm³/mol. The monoisotopic (exact) mass is 377 g/mol. The molecule has 0 aliphatic rings. The number of hydrogen-bond acceptors (Lipinski definition) is 5. The number of carbonyl (C=O) groups excluding carboxylic acids is 2. The lowest BCUT2D eigenvalue weighted by molar-refractivity contribution is -0.126. The van der Waals surface area contributed by atoms with E-state index in [0.29, 0.717) is 17.7 Å². The zero-order valence-corrected chi connectivity index (χ0v) is 16.3. The van der Waals surface area contributed by atoms with Crippen LogP contribution in [0.3, 0.4) is 0 Å². The van der Waals surface area contributed by atoms with Gasteiger partial charge >= 0.3 is 0 Å². The maximum Gasteiger partial charge on any atom is 0.259 e. The number of amides is 2. The number of hydrogen-bond donors (Lipinski definition) is 3. The standard InChI is InChI=1S/C20H31N3O4/c1-3-4-5-6-7-8-9-10-19(25)21-15-20(26)23-22-14-16-11-12-17(24)18(13-16)27-2/h11-14,24H,3-10,15H2,1-2H3,(H,21,25)(H,23,26). The second kappa shape index (κ2) is 13.6. The number of benzene rings is 1. The molecule has 0 saturated heterocycles. The Labute approximate surface area is 161 Å². The van der Waals surface area contributed by atoms with Gasteiger partial charge in [0.15, 0.2) is 11.5 Å². The quantitative estimate of drug-likeness (QED) is 0.279. The summed E-state index contributed by atoms with van der Waals surface area (Å²) in [6, 6.07) is 4.71. The van der Waals surface area contributed by atoms with Crippen molar-refractivity contribution in [2.45, 2.75) is 58.3 Å². The van der Waals surface area contributed by atoms with Gasteiger partial charge in [-0.1, -0.05) is 45.4 Å². The Morgan fingerprint density at radius 2 is 1.81 bits per heavy atom. The zero-order valence-electron chi connectivity index (χ0n) is 16.3. The smallest absolute Gasteiger partial charge is 0.259 e. The van der Waals surface area contributed by atoms with Gasteiger partial charge in [-0.15, -0.1) is 0 Å². The molecule has 0 fully saturated rings. The molecule has 0 radical (unpaired) electrons. The average molecular weight is 377 g/mol. The molecule has 0 heterocycles. The van der Waals surface area contributed by atoms with Gasteiger partial charge in [-0.25, -0.2) is 5.43 Å². The highest BCUT2D eigenvalue weighted by Crippen LogP contribution is 2.25. The number of rotatable bonds is 13. The number of carbonyl (C=O) groups is 2. The summed E-state index contributed by atoms with van der Waals surface area (Å²) in [6.45, 7) is 2.09. The predicted octanol–water partition coefficient (Wildman–Crippen LogP) is 3.11. The number of hydrazone groups is 1. The Morgan fingerprint density at radius 3 is 2.52 bits per heavy atom. The number of unbranched alkanes of at least 4 members (excludes halogenated alkanes) is 6. The molecule has 0 aromatic heterocycles. The van der Waals surface area contributed by atoms with Crippen LogP contribution in [-0.4, -0.2) is 36.8 Å². The van der Waals surface area contributed by atoms with Crippen LogP contribution < -0.4 is 15.5 Å². The molecule has 1 rings (SSSR count). The van der Waals surface area contributed by atoms with Crippen molar-refractivity contribution in [2.24, 2.45) is 5.10 Å². The summed E-state index contributed by atoms with van der Waals surface area (Å²) in [7, 11) is 1.45. The van der Waals surface area contributed by atoms with Crippen molar-refractivity contribution in [3.05, 3.63) is 23.8 Å². The molecule has 0 bridgehead atoms. The minimum atomic E-state index is -0.398. The van der Waals surface area contributed by atoms with E-state index in [-0.39, 0.29) is 18.2 Å². The second-order valence-electron chi connectivity index (χ2n) is 6.37. The first-order valence-electron chi connectivity index (χ1n) is 9.52. The van der Waals surface area contributed by atoms with E-state index in [1.807, 2.05) is 0 Å². The SMILES string of the molecule is CCCCCCCCCC(=O)NCC(=O)NN=Cc1ccc(O)c(OC)c1. The lowest BCUT2D eigenvalue weighted by Crippen LogP contribution is -2.34.